The predicted molar refractivity (Wildman–Crippen MR) is 124 cm³/mol. The molecule has 2 aliphatic rings. The minimum absolute atomic E-state index is 0.0806. The molecule has 1 saturated heterocycles. The number of rotatable bonds is 5. The number of carbonyl (C=O) groups excluding carboxylic acids is 2. The van der Waals surface area contributed by atoms with E-state index >= 15 is 0 Å². The molecule has 2 aliphatic heterocycles. The highest BCUT2D eigenvalue weighted by atomic mass is 32.1. The van der Waals surface area contributed by atoms with E-state index in [0.29, 0.717) is 18.5 Å². The number of aliphatic hydroxyl groups is 1. The normalized spacial score (nSPS) is 21.6. The number of hydrogen-bond donors (Lipinski definition) is 1. The lowest BCUT2D eigenvalue weighted by Crippen LogP contribution is -2.31. The Bertz CT molecular complexity index is 1200. The van der Waals surface area contributed by atoms with Crippen molar-refractivity contribution in [3.8, 4) is 5.75 Å². The fraction of sp³-hybridized carbons (Fsp3) is 0.231. The van der Waals surface area contributed by atoms with Crippen molar-refractivity contribution in [1.82, 2.24) is 4.90 Å². The smallest absolute Gasteiger partial charge is 0.295 e. The largest absolute Gasteiger partial charge is 0.507 e. The van der Waals surface area contributed by atoms with Crippen molar-refractivity contribution in [2.24, 2.45) is 0 Å². The molecule has 0 saturated carbocycles. The van der Waals surface area contributed by atoms with Gasteiger partial charge in [0.25, 0.3) is 11.7 Å². The standard InChI is InChI=1S/C26H23NO4S/c1-16-14-19-15-18(9-10-20(19)31-16)24(28)22-23(21-8-5-13-32-21)27(26(30)25(22)29)12-11-17-6-3-2-4-7-17/h2-10,13,15-16,23,28H,11-12,14H2,1H3/t16-,23-/m1/s1. The number of aliphatic hydroxyl groups excluding tert-OH is 1. The number of ether oxygens (including phenoxy) is 1. The van der Waals surface area contributed by atoms with Crippen LogP contribution in [-0.2, 0) is 22.4 Å². The van der Waals surface area contributed by atoms with Gasteiger partial charge in [-0.05, 0) is 54.1 Å². The monoisotopic (exact) mass is 445 g/mol. The van der Waals surface area contributed by atoms with Crippen molar-refractivity contribution in [2.45, 2.75) is 31.9 Å². The SMILES string of the molecule is C[C@@H]1Cc2cc(C(O)=C3C(=O)C(=O)N(CCc4ccccc4)[C@@H]3c3cccs3)ccc2O1. The average molecular weight is 446 g/mol. The minimum atomic E-state index is -0.640. The fourth-order valence-corrected chi connectivity index (χ4v) is 5.32. The molecule has 0 unspecified atom stereocenters. The highest BCUT2D eigenvalue weighted by Gasteiger charge is 2.46. The van der Waals surface area contributed by atoms with Gasteiger partial charge in [0.1, 0.15) is 17.6 Å². The van der Waals surface area contributed by atoms with Crippen LogP contribution in [0.2, 0.25) is 0 Å². The Morgan fingerprint density at radius 3 is 2.69 bits per heavy atom. The van der Waals surface area contributed by atoms with Crippen LogP contribution in [0.25, 0.3) is 5.76 Å². The van der Waals surface area contributed by atoms with Gasteiger partial charge >= 0.3 is 0 Å². The van der Waals surface area contributed by atoms with Crippen molar-refractivity contribution in [3.63, 3.8) is 0 Å². The summed E-state index contributed by atoms with van der Waals surface area (Å²) >= 11 is 1.48. The topological polar surface area (TPSA) is 66.8 Å². The molecule has 0 radical (unpaired) electrons. The highest BCUT2D eigenvalue weighted by molar-refractivity contribution is 7.10. The summed E-state index contributed by atoms with van der Waals surface area (Å²) in [6, 6.07) is 18.5. The molecule has 0 spiro atoms. The number of ketones is 1. The lowest BCUT2D eigenvalue weighted by molar-refractivity contribution is -0.139. The van der Waals surface area contributed by atoms with Crippen molar-refractivity contribution in [1.29, 1.82) is 0 Å². The van der Waals surface area contributed by atoms with Crippen LogP contribution >= 0.6 is 11.3 Å². The van der Waals surface area contributed by atoms with Crippen molar-refractivity contribution in [2.75, 3.05) is 6.54 Å². The van der Waals surface area contributed by atoms with E-state index in [1.807, 2.05) is 66.9 Å². The maximum atomic E-state index is 13.1. The second kappa shape index (κ2) is 8.28. The van der Waals surface area contributed by atoms with Gasteiger partial charge in [0.15, 0.2) is 0 Å². The summed E-state index contributed by atoms with van der Waals surface area (Å²) in [5, 5.41) is 13.1. The summed E-state index contributed by atoms with van der Waals surface area (Å²) in [6.07, 6.45) is 1.46. The van der Waals surface area contributed by atoms with Gasteiger partial charge in [-0.15, -0.1) is 11.3 Å². The quantitative estimate of drug-likeness (QED) is 0.350. The number of likely N-dealkylation sites (tertiary alicyclic amines) is 1. The van der Waals surface area contributed by atoms with E-state index in [0.717, 1.165) is 28.2 Å². The van der Waals surface area contributed by atoms with E-state index in [9.17, 15) is 14.7 Å². The summed E-state index contributed by atoms with van der Waals surface area (Å²) in [5.74, 6) is -0.545. The molecule has 32 heavy (non-hydrogen) atoms. The minimum Gasteiger partial charge on any atom is -0.507 e. The summed E-state index contributed by atoms with van der Waals surface area (Å²) in [4.78, 5) is 28.6. The van der Waals surface area contributed by atoms with E-state index in [2.05, 4.69) is 0 Å². The maximum Gasteiger partial charge on any atom is 0.295 e. The maximum absolute atomic E-state index is 13.1. The zero-order chi connectivity index (χ0) is 22.2. The Labute approximate surface area is 190 Å². The van der Waals surface area contributed by atoms with Gasteiger partial charge in [0.05, 0.1) is 11.6 Å². The van der Waals surface area contributed by atoms with E-state index in [1.54, 1.807) is 11.0 Å². The third-order valence-electron chi connectivity index (χ3n) is 6.01. The fourth-order valence-electron chi connectivity index (χ4n) is 4.47. The first-order valence-electron chi connectivity index (χ1n) is 10.7. The molecular formula is C26H23NO4S. The lowest BCUT2D eigenvalue weighted by Gasteiger charge is -2.24. The van der Waals surface area contributed by atoms with Gasteiger partial charge < -0.3 is 14.7 Å². The Morgan fingerprint density at radius 2 is 1.94 bits per heavy atom. The molecule has 1 amide bonds. The number of amides is 1. The van der Waals surface area contributed by atoms with Crippen LogP contribution in [0.1, 0.15) is 34.5 Å². The number of hydrogen-bond acceptors (Lipinski definition) is 5. The first-order chi connectivity index (χ1) is 15.5. The molecule has 5 nitrogen and oxygen atoms in total. The van der Waals surface area contributed by atoms with Crippen molar-refractivity contribution < 1.29 is 19.4 Å². The summed E-state index contributed by atoms with van der Waals surface area (Å²) < 4.78 is 5.75. The van der Waals surface area contributed by atoms with Gasteiger partial charge in [0, 0.05) is 23.4 Å². The lowest BCUT2D eigenvalue weighted by atomic mass is 9.98. The molecule has 0 aliphatic carbocycles. The third-order valence-corrected chi connectivity index (χ3v) is 6.93. The summed E-state index contributed by atoms with van der Waals surface area (Å²) in [7, 11) is 0. The average Bonchev–Trinajstić information content (AvgIpc) is 3.51. The molecule has 6 heteroatoms. The first kappa shape index (κ1) is 20.5. The number of carbonyl (C=O) groups is 2. The molecular weight excluding hydrogens is 422 g/mol. The first-order valence-corrected chi connectivity index (χ1v) is 11.6. The van der Waals surface area contributed by atoms with E-state index in [-0.39, 0.29) is 17.4 Å². The van der Waals surface area contributed by atoms with Crippen molar-refractivity contribution >= 4 is 28.8 Å². The Hall–Kier alpha value is -3.38. The highest BCUT2D eigenvalue weighted by Crippen LogP contribution is 2.42. The van der Waals surface area contributed by atoms with Gasteiger partial charge in [-0.3, -0.25) is 9.59 Å². The molecule has 2 aromatic carbocycles. The van der Waals surface area contributed by atoms with Gasteiger partial charge in [-0.25, -0.2) is 0 Å². The molecule has 3 aromatic rings. The van der Waals surface area contributed by atoms with E-state index in [1.165, 1.54) is 11.3 Å². The second-order valence-electron chi connectivity index (χ2n) is 8.20. The second-order valence-corrected chi connectivity index (χ2v) is 9.18. The zero-order valence-electron chi connectivity index (χ0n) is 17.7. The number of nitrogens with zero attached hydrogens (tertiary/aromatic N) is 1. The molecule has 0 bridgehead atoms. The number of benzene rings is 2. The Balaban J connectivity index is 1.54. The van der Waals surface area contributed by atoms with Crippen LogP contribution < -0.4 is 4.74 Å². The number of Topliss-reactive ketones (excluding diaryl/α,β-unsaturated/α-hetero) is 1. The van der Waals surface area contributed by atoms with Gasteiger partial charge in [-0.2, -0.15) is 0 Å². The molecule has 1 fully saturated rings. The Morgan fingerprint density at radius 1 is 1.12 bits per heavy atom. The van der Waals surface area contributed by atoms with Gasteiger partial charge in [0.2, 0.25) is 0 Å². The third kappa shape index (κ3) is 3.60. The van der Waals surface area contributed by atoms with Crippen molar-refractivity contribution in [3.05, 3.63) is 93.2 Å². The molecule has 5 rings (SSSR count). The molecule has 1 N–H and O–H groups in total. The van der Waals surface area contributed by atoms with E-state index in [4.69, 9.17) is 4.74 Å². The van der Waals surface area contributed by atoms with Crippen LogP contribution in [0.3, 0.4) is 0 Å². The zero-order valence-corrected chi connectivity index (χ0v) is 18.5. The number of fused-ring (bicyclic) bond motifs is 1. The summed E-state index contributed by atoms with van der Waals surface area (Å²) in [6.45, 7) is 2.39. The Kier molecular flexibility index (Phi) is 5.31. The van der Waals surface area contributed by atoms with Crippen LogP contribution in [0.4, 0.5) is 0 Å². The molecule has 1 aromatic heterocycles. The van der Waals surface area contributed by atoms with E-state index < -0.39 is 17.7 Å². The predicted octanol–water partition coefficient (Wildman–Crippen LogP) is 4.74. The summed E-state index contributed by atoms with van der Waals surface area (Å²) in [5.41, 5.74) is 2.76. The van der Waals surface area contributed by atoms with Crippen LogP contribution in [0, 0.1) is 0 Å². The number of thiophene rings is 1. The van der Waals surface area contributed by atoms with Crippen LogP contribution in [0.15, 0.2) is 71.6 Å². The molecule has 162 valence electrons. The van der Waals surface area contributed by atoms with Gasteiger partial charge in [-0.1, -0.05) is 36.4 Å². The van der Waals surface area contributed by atoms with Crippen LogP contribution in [-0.4, -0.2) is 34.3 Å². The molecule has 2 atom stereocenters. The van der Waals surface area contributed by atoms with Crippen LogP contribution in [0.5, 0.6) is 5.75 Å². The molecule has 3 heterocycles.